The lowest BCUT2D eigenvalue weighted by molar-refractivity contribution is 0.0952. The van der Waals surface area contributed by atoms with Gasteiger partial charge >= 0.3 is 0 Å². The highest BCUT2D eigenvalue weighted by Crippen LogP contribution is 2.33. The van der Waals surface area contributed by atoms with Crippen molar-refractivity contribution in [3.05, 3.63) is 77.5 Å². The quantitative estimate of drug-likeness (QED) is 0.492. The minimum Gasteiger partial charge on any atom is -0.352 e. The Bertz CT molecular complexity index is 984. The van der Waals surface area contributed by atoms with Crippen LogP contribution in [0.15, 0.2) is 60.7 Å². The van der Waals surface area contributed by atoms with Crippen molar-refractivity contribution in [2.45, 2.75) is 52.4 Å². The van der Waals surface area contributed by atoms with Crippen LogP contribution in [0.25, 0.3) is 16.9 Å². The fourth-order valence-electron chi connectivity index (χ4n) is 4.33. The molecule has 30 heavy (non-hydrogen) atoms. The zero-order valence-corrected chi connectivity index (χ0v) is 18.2. The molecule has 0 spiro atoms. The van der Waals surface area contributed by atoms with Gasteiger partial charge < -0.3 is 9.88 Å². The Hall–Kier alpha value is -2.81. The van der Waals surface area contributed by atoms with Crippen LogP contribution in [0.2, 0.25) is 0 Å². The molecule has 0 radical (unpaired) electrons. The molecule has 0 saturated carbocycles. The second-order valence-corrected chi connectivity index (χ2v) is 8.75. The van der Waals surface area contributed by atoms with E-state index in [0.29, 0.717) is 5.92 Å². The molecule has 1 N–H and O–H groups in total. The van der Waals surface area contributed by atoms with Gasteiger partial charge in [0.1, 0.15) is 0 Å². The lowest BCUT2D eigenvalue weighted by Crippen LogP contribution is -2.25. The van der Waals surface area contributed by atoms with Crippen LogP contribution in [-0.4, -0.2) is 17.0 Å². The van der Waals surface area contributed by atoms with Crippen molar-refractivity contribution in [1.29, 1.82) is 0 Å². The summed E-state index contributed by atoms with van der Waals surface area (Å²) in [7, 11) is 0. The van der Waals surface area contributed by atoms with Gasteiger partial charge in [-0.2, -0.15) is 0 Å². The minimum atomic E-state index is 0.0109. The maximum Gasteiger partial charge on any atom is 0.251 e. The second kappa shape index (κ2) is 9.34. The SMILES string of the molecule is CC(C)CCNC(=O)c1ccc(-n2c(-c3ccccc3)cc3c2CCCCC3)cc1. The summed E-state index contributed by atoms with van der Waals surface area (Å²) in [5.41, 5.74) is 7.25. The van der Waals surface area contributed by atoms with Gasteiger partial charge in [-0.05, 0) is 79.5 Å². The van der Waals surface area contributed by atoms with Crippen LogP contribution in [0.5, 0.6) is 0 Å². The predicted molar refractivity (Wildman–Crippen MR) is 124 cm³/mol. The number of aryl methyl sites for hydroxylation is 1. The average molecular weight is 401 g/mol. The number of benzene rings is 2. The van der Waals surface area contributed by atoms with Gasteiger partial charge in [0, 0.05) is 23.5 Å². The van der Waals surface area contributed by atoms with Crippen LogP contribution < -0.4 is 5.32 Å². The number of carbonyl (C=O) groups is 1. The van der Waals surface area contributed by atoms with Gasteiger partial charge in [0.2, 0.25) is 0 Å². The Kier molecular flexibility index (Phi) is 6.37. The highest BCUT2D eigenvalue weighted by atomic mass is 16.1. The summed E-state index contributed by atoms with van der Waals surface area (Å²) in [4.78, 5) is 12.5. The number of aromatic nitrogens is 1. The van der Waals surface area contributed by atoms with E-state index in [1.807, 2.05) is 12.1 Å². The van der Waals surface area contributed by atoms with E-state index in [0.717, 1.165) is 37.1 Å². The summed E-state index contributed by atoms with van der Waals surface area (Å²) in [6.45, 7) is 5.07. The van der Waals surface area contributed by atoms with E-state index >= 15 is 0 Å². The Balaban J connectivity index is 1.66. The number of hydrogen-bond acceptors (Lipinski definition) is 1. The topological polar surface area (TPSA) is 34.0 Å². The van der Waals surface area contributed by atoms with Gasteiger partial charge in [-0.15, -0.1) is 0 Å². The van der Waals surface area contributed by atoms with Crippen LogP contribution in [0.1, 0.15) is 61.1 Å². The fraction of sp³-hybridized carbons (Fsp3) is 0.370. The van der Waals surface area contributed by atoms with Crippen molar-refractivity contribution in [1.82, 2.24) is 9.88 Å². The number of rotatable bonds is 6. The van der Waals surface area contributed by atoms with Crippen molar-refractivity contribution >= 4 is 5.91 Å². The Morgan fingerprint density at radius 3 is 2.43 bits per heavy atom. The third-order valence-electron chi connectivity index (χ3n) is 6.02. The lowest BCUT2D eigenvalue weighted by Gasteiger charge is -2.15. The highest BCUT2D eigenvalue weighted by Gasteiger charge is 2.19. The lowest BCUT2D eigenvalue weighted by atomic mass is 10.1. The maximum absolute atomic E-state index is 12.5. The standard InChI is InChI=1S/C27H32N2O/c1-20(2)17-18-28-27(30)22-13-15-24(16-14-22)29-25-12-8-4-7-11-23(25)19-26(29)21-9-5-3-6-10-21/h3,5-6,9-10,13-16,19-20H,4,7-8,11-12,17-18H2,1-2H3,(H,28,30). The summed E-state index contributed by atoms with van der Waals surface area (Å²) in [6.07, 6.45) is 7.06. The van der Waals surface area contributed by atoms with Gasteiger partial charge in [0.05, 0.1) is 5.69 Å². The predicted octanol–water partition coefficient (Wildman–Crippen LogP) is 6.19. The second-order valence-electron chi connectivity index (χ2n) is 8.75. The summed E-state index contributed by atoms with van der Waals surface area (Å²) >= 11 is 0. The Morgan fingerprint density at radius 2 is 1.70 bits per heavy atom. The first-order valence-corrected chi connectivity index (χ1v) is 11.3. The van der Waals surface area contributed by atoms with Gasteiger partial charge in [0.25, 0.3) is 5.91 Å². The molecule has 1 aliphatic rings. The van der Waals surface area contributed by atoms with E-state index in [4.69, 9.17) is 0 Å². The van der Waals surface area contributed by atoms with Gasteiger partial charge in [-0.1, -0.05) is 50.6 Å². The van der Waals surface area contributed by atoms with Crippen LogP contribution >= 0.6 is 0 Å². The van der Waals surface area contributed by atoms with Gasteiger partial charge in [-0.25, -0.2) is 0 Å². The number of nitrogens with one attached hydrogen (secondary N) is 1. The van der Waals surface area contributed by atoms with Crippen molar-refractivity contribution in [2.24, 2.45) is 5.92 Å². The smallest absolute Gasteiger partial charge is 0.251 e. The number of amides is 1. The summed E-state index contributed by atoms with van der Waals surface area (Å²) < 4.78 is 2.41. The van der Waals surface area contributed by atoms with Gasteiger partial charge in [0.15, 0.2) is 0 Å². The highest BCUT2D eigenvalue weighted by molar-refractivity contribution is 5.94. The van der Waals surface area contributed by atoms with Crippen molar-refractivity contribution in [2.75, 3.05) is 6.54 Å². The molecule has 2 aromatic carbocycles. The van der Waals surface area contributed by atoms with Crippen LogP contribution in [0.3, 0.4) is 0 Å². The minimum absolute atomic E-state index is 0.0109. The summed E-state index contributed by atoms with van der Waals surface area (Å²) in [5, 5.41) is 3.03. The van der Waals surface area contributed by atoms with E-state index in [2.05, 4.69) is 72.3 Å². The average Bonchev–Trinajstić information content (AvgIpc) is 2.96. The molecule has 0 atom stereocenters. The molecule has 3 heteroatoms. The molecular weight excluding hydrogens is 368 g/mol. The van der Waals surface area contributed by atoms with Crippen LogP contribution in [-0.2, 0) is 12.8 Å². The molecule has 156 valence electrons. The molecule has 0 bridgehead atoms. The van der Waals surface area contributed by atoms with Crippen molar-refractivity contribution in [3.63, 3.8) is 0 Å². The van der Waals surface area contributed by atoms with E-state index in [9.17, 15) is 4.79 Å². The molecule has 1 heterocycles. The van der Waals surface area contributed by atoms with Crippen molar-refractivity contribution < 1.29 is 4.79 Å². The largest absolute Gasteiger partial charge is 0.352 e. The van der Waals surface area contributed by atoms with Crippen LogP contribution in [0.4, 0.5) is 0 Å². The Labute approximate surface area is 180 Å². The van der Waals surface area contributed by atoms with Crippen LogP contribution in [0, 0.1) is 5.92 Å². The zero-order chi connectivity index (χ0) is 20.9. The molecule has 1 aliphatic carbocycles. The molecule has 0 fully saturated rings. The normalized spacial score (nSPS) is 13.7. The van der Waals surface area contributed by atoms with E-state index in [-0.39, 0.29) is 5.91 Å². The maximum atomic E-state index is 12.5. The number of fused-ring (bicyclic) bond motifs is 1. The molecule has 3 nitrogen and oxygen atoms in total. The molecule has 0 unspecified atom stereocenters. The fourth-order valence-corrected chi connectivity index (χ4v) is 4.33. The van der Waals surface area contributed by atoms with E-state index < -0.39 is 0 Å². The third kappa shape index (κ3) is 4.51. The first-order chi connectivity index (χ1) is 14.6. The summed E-state index contributed by atoms with van der Waals surface area (Å²) in [5.74, 6) is 0.602. The van der Waals surface area contributed by atoms with Crippen molar-refractivity contribution in [3.8, 4) is 16.9 Å². The molecule has 3 aromatic rings. The molecule has 4 rings (SSSR count). The first-order valence-electron chi connectivity index (χ1n) is 11.3. The number of hydrogen-bond donors (Lipinski definition) is 1. The first kappa shape index (κ1) is 20.5. The van der Waals surface area contributed by atoms with E-state index in [1.165, 1.54) is 41.8 Å². The summed E-state index contributed by atoms with van der Waals surface area (Å²) in [6, 6.07) is 21.1. The Morgan fingerprint density at radius 1 is 0.967 bits per heavy atom. The zero-order valence-electron chi connectivity index (χ0n) is 18.2. The molecular formula is C27H32N2O. The van der Waals surface area contributed by atoms with Gasteiger partial charge in [-0.3, -0.25) is 4.79 Å². The molecule has 0 saturated heterocycles. The monoisotopic (exact) mass is 400 g/mol. The molecule has 0 aliphatic heterocycles. The third-order valence-corrected chi connectivity index (χ3v) is 6.02. The molecule has 1 amide bonds. The molecule has 1 aromatic heterocycles. The number of carbonyl (C=O) groups excluding carboxylic acids is 1. The number of nitrogens with zero attached hydrogens (tertiary/aromatic N) is 1. The van der Waals surface area contributed by atoms with E-state index in [1.54, 1.807) is 0 Å².